The lowest BCUT2D eigenvalue weighted by atomic mass is 9.83. The first-order valence-corrected chi connectivity index (χ1v) is 11.9. The van der Waals surface area contributed by atoms with Crippen LogP contribution in [0.25, 0.3) is 0 Å². The summed E-state index contributed by atoms with van der Waals surface area (Å²) in [4.78, 5) is 21.0. The Labute approximate surface area is 217 Å². The molecule has 2 aromatic carbocycles. The summed E-state index contributed by atoms with van der Waals surface area (Å²) in [5, 5.41) is 22.5. The van der Waals surface area contributed by atoms with E-state index in [1.807, 2.05) is 0 Å². The zero-order valence-corrected chi connectivity index (χ0v) is 20.9. The van der Waals surface area contributed by atoms with Crippen LogP contribution in [0.2, 0.25) is 5.02 Å². The molecule has 3 atom stereocenters. The number of rotatable bonds is 8. The van der Waals surface area contributed by atoms with Crippen LogP contribution in [0.15, 0.2) is 64.7 Å². The smallest absolute Gasteiger partial charge is 0.273 e. The number of nitrogens with two attached hydrogens (primary N) is 1. The van der Waals surface area contributed by atoms with Gasteiger partial charge in [0.05, 0.1) is 18.2 Å². The molecule has 11 heteroatoms. The zero-order valence-electron chi connectivity index (χ0n) is 20.1. The number of nitrogens with zero attached hydrogens (tertiary/aromatic N) is 2. The van der Waals surface area contributed by atoms with Gasteiger partial charge in [-0.25, -0.2) is 18.2 Å². The van der Waals surface area contributed by atoms with Gasteiger partial charge in [-0.3, -0.25) is 9.79 Å². The maximum atomic E-state index is 15.1. The number of nitrogens with one attached hydrogen (secondary N) is 1. The maximum absolute atomic E-state index is 15.1. The lowest BCUT2D eigenvalue weighted by Crippen LogP contribution is -2.40. The summed E-state index contributed by atoms with van der Waals surface area (Å²) >= 11 is 5.98. The van der Waals surface area contributed by atoms with Gasteiger partial charge in [0.2, 0.25) is 0 Å². The van der Waals surface area contributed by atoms with Gasteiger partial charge in [-0.05, 0) is 42.7 Å². The third kappa shape index (κ3) is 6.76. The Morgan fingerprint density at radius 3 is 2.65 bits per heavy atom. The molecule has 0 unspecified atom stereocenters. The number of aliphatic imine (C=N–C) groups is 2. The molecule has 1 saturated carbocycles. The first-order chi connectivity index (χ1) is 17.5. The Morgan fingerprint density at radius 1 is 1.32 bits per heavy atom. The predicted octanol–water partition coefficient (Wildman–Crippen LogP) is 4.03. The number of benzene rings is 2. The molecule has 1 aliphatic rings. The molecule has 198 valence electrons. The number of aliphatic hydroxyl groups excluding tert-OH is 2. The Balaban J connectivity index is 1.84. The summed E-state index contributed by atoms with van der Waals surface area (Å²) in [7, 11) is 1.40. The Hall–Kier alpha value is -3.21. The third-order valence-corrected chi connectivity index (χ3v) is 6.49. The second-order valence-electron chi connectivity index (χ2n) is 8.77. The summed E-state index contributed by atoms with van der Waals surface area (Å²) < 4.78 is 42.4. The fourth-order valence-electron chi connectivity index (χ4n) is 4.05. The van der Waals surface area contributed by atoms with Crippen molar-refractivity contribution < 1.29 is 28.2 Å². The average molecular weight is 537 g/mol. The second-order valence-corrected chi connectivity index (χ2v) is 9.20. The van der Waals surface area contributed by atoms with Crippen molar-refractivity contribution in [1.82, 2.24) is 5.32 Å². The van der Waals surface area contributed by atoms with E-state index in [0.29, 0.717) is 10.6 Å². The van der Waals surface area contributed by atoms with Gasteiger partial charge in [-0.1, -0.05) is 36.4 Å². The number of carbonyl (C=O) groups is 1. The van der Waals surface area contributed by atoms with E-state index >= 15 is 4.39 Å². The first kappa shape index (κ1) is 28.4. The molecule has 5 N–H and O–H groups in total. The number of alkyl halides is 2. The molecule has 7 nitrogen and oxygen atoms in total. The number of hydrogen-bond donors (Lipinski definition) is 4. The van der Waals surface area contributed by atoms with Crippen LogP contribution >= 0.6 is 11.6 Å². The van der Waals surface area contributed by atoms with Crippen molar-refractivity contribution >= 4 is 29.1 Å². The Morgan fingerprint density at radius 2 is 2.05 bits per heavy atom. The fourth-order valence-corrected chi connectivity index (χ4v) is 4.25. The fraction of sp³-hybridized carbons (Fsp3) is 0.346. The molecule has 37 heavy (non-hydrogen) atoms. The van der Waals surface area contributed by atoms with Gasteiger partial charge in [0.25, 0.3) is 11.8 Å². The van der Waals surface area contributed by atoms with Crippen LogP contribution in [0, 0.1) is 11.7 Å². The lowest BCUT2D eigenvalue weighted by Gasteiger charge is -2.32. The standard InChI is InChI=1S/C26H28ClF3N4O3/c1-14(15-8-9-26(29,30)22(36)12-15)33-23(24(31)32-2)17-6-7-19(20(28)11-17)25(37)34-21(13-35)16-4-3-5-18(27)10-16/h3-7,10-11,15,21-22,35-36H,1,8-9,12-13H2,2H3,(H2,31,32)(H,34,37)/b33-23-/t15-,21-,22+/m1/s1. The lowest BCUT2D eigenvalue weighted by molar-refractivity contribution is -0.138. The van der Waals surface area contributed by atoms with Crippen LogP contribution in [0.4, 0.5) is 13.2 Å². The minimum Gasteiger partial charge on any atom is -0.394 e. The van der Waals surface area contributed by atoms with Gasteiger partial charge in [-0.2, -0.15) is 0 Å². The molecule has 0 radical (unpaired) electrons. The Bertz CT molecular complexity index is 1240. The van der Waals surface area contributed by atoms with Crippen LogP contribution in [0.1, 0.15) is 46.8 Å². The van der Waals surface area contributed by atoms with Crippen molar-refractivity contribution in [3.63, 3.8) is 0 Å². The molecule has 0 aliphatic heterocycles. The molecule has 0 saturated heterocycles. The molecule has 0 heterocycles. The number of carbonyl (C=O) groups excluding carboxylic acids is 1. The molecular formula is C26H28ClF3N4O3. The summed E-state index contributed by atoms with van der Waals surface area (Å²) in [5.74, 6) is -5.39. The topological polar surface area (TPSA) is 120 Å². The summed E-state index contributed by atoms with van der Waals surface area (Å²) in [6.45, 7) is 3.41. The normalized spacial score (nSPS) is 20.8. The monoisotopic (exact) mass is 536 g/mol. The molecule has 0 aromatic heterocycles. The molecule has 1 aliphatic carbocycles. The number of halogens is 4. The minimum atomic E-state index is -3.17. The van der Waals surface area contributed by atoms with Crippen LogP contribution in [-0.4, -0.2) is 53.3 Å². The van der Waals surface area contributed by atoms with Crippen molar-refractivity contribution in [2.45, 2.75) is 37.3 Å². The largest absolute Gasteiger partial charge is 0.394 e. The molecule has 1 fully saturated rings. The van der Waals surface area contributed by atoms with E-state index in [1.54, 1.807) is 24.3 Å². The molecule has 2 aromatic rings. The van der Waals surface area contributed by atoms with Crippen LogP contribution in [0.3, 0.4) is 0 Å². The number of allylic oxidation sites excluding steroid dienone is 1. The van der Waals surface area contributed by atoms with Crippen LogP contribution in [-0.2, 0) is 0 Å². The average Bonchev–Trinajstić information content (AvgIpc) is 2.86. The van der Waals surface area contributed by atoms with Gasteiger partial charge >= 0.3 is 0 Å². The van der Waals surface area contributed by atoms with E-state index in [1.165, 1.54) is 19.2 Å². The quantitative estimate of drug-likeness (QED) is 0.301. The minimum absolute atomic E-state index is 0.0531. The molecule has 0 bridgehead atoms. The van der Waals surface area contributed by atoms with Gasteiger partial charge < -0.3 is 21.3 Å². The van der Waals surface area contributed by atoms with Crippen molar-refractivity contribution in [2.24, 2.45) is 21.6 Å². The highest BCUT2D eigenvalue weighted by atomic mass is 35.5. The Kier molecular flexibility index (Phi) is 9.12. The van der Waals surface area contributed by atoms with Gasteiger partial charge in [0, 0.05) is 35.7 Å². The molecule has 3 rings (SSSR count). The molecule has 1 amide bonds. The highest BCUT2D eigenvalue weighted by Crippen LogP contribution is 2.39. The van der Waals surface area contributed by atoms with E-state index in [-0.39, 0.29) is 41.2 Å². The number of amidine groups is 1. The van der Waals surface area contributed by atoms with E-state index in [9.17, 15) is 23.8 Å². The zero-order chi connectivity index (χ0) is 27.3. The second kappa shape index (κ2) is 11.9. The van der Waals surface area contributed by atoms with E-state index < -0.39 is 48.7 Å². The number of hydrogen-bond acceptors (Lipinski definition) is 5. The van der Waals surface area contributed by atoms with E-state index in [2.05, 4.69) is 21.9 Å². The summed E-state index contributed by atoms with van der Waals surface area (Å²) in [6, 6.07) is 9.44. The maximum Gasteiger partial charge on any atom is 0.273 e. The van der Waals surface area contributed by atoms with Crippen molar-refractivity contribution in [2.75, 3.05) is 13.7 Å². The third-order valence-electron chi connectivity index (χ3n) is 6.26. The SMILES string of the molecule is C=C(/N=C(\C(N)=N/C)c1ccc(C(=O)N[C@H](CO)c2cccc(Cl)c2)c(F)c1)[C@@H]1CCC(F)(F)[C@@H](O)C1. The van der Waals surface area contributed by atoms with Crippen molar-refractivity contribution in [3.8, 4) is 0 Å². The van der Waals surface area contributed by atoms with Crippen molar-refractivity contribution in [3.05, 3.63) is 82.3 Å². The predicted molar refractivity (Wildman–Crippen MR) is 137 cm³/mol. The summed E-state index contributed by atoms with van der Waals surface area (Å²) in [6.07, 6.45) is -2.49. The highest BCUT2D eigenvalue weighted by Gasteiger charge is 2.44. The number of aliphatic hydroxyl groups is 2. The van der Waals surface area contributed by atoms with Crippen molar-refractivity contribution in [1.29, 1.82) is 0 Å². The van der Waals surface area contributed by atoms with Gasteiger partial charge in [0.15, 0.2) is 0 Å². The van der Waals surface area contributed by atoms with Gasteiger partial charge in [0.1, 0.15) is 23.5 Å². The molecule has 0 spiro atoms. The van der Waals surface area contributed by atoms with Crippen LogP contribution in [0.5, 0.6) is 0 Å². The summed E-state index contributed by atoms with van der Waals surface area (Å²) in [5.41, 5.74) is 6.68. The number of amides is 1. The van der Waals surface area contributed by atoms with E-state index in [4.69, 9.17) is 17.3 Å². The first-order valence-electron chi connectivity index (χ1n) is 11.5. The van der Waals surface area contributed by atoms with Gasteiger partial charge in [-0.15, -0.1) is 0 Å². The van der Waals surface area contributed by atoms with E-state index in [0.717, 1.165) is 6.07 Å². The van der Waals surface area contributed by atoms with Crippen LogP contribution < -0.4 is 11.1 Å². The molecular weight excluding hydrogens is 509 g/mol. The highest BCUT2D eigenvalue weighted by molar-refractivity contribution is 6.47.